The predicted octanol–water partition coefficient (Wildman–Crippen LogP) is 1.07. The Labute approximate surface area is 65.8 Å². The predicted molar refractivity (Wildman–Crippen MR) is 38.8 cm³/mol. The molecular formula is C7H13NO3. The van der Waals surface area contributed by atoms with E-state index in [1.807, 2.05) is 0 Å². The number of hydrogen-bond acceptors (Lipinski definition) is 3. The molecule has 1 fully saturated rings. The molecule has 11 heavy (non-hydrogen) atoms. The number of amides is 1. The molecule has 1 rings (SSSR count). The van der Waals surface area contributed by atoms with Crippen LogP contribution in [0.3, 0.4) is 0 Å². The zero-order valence-corrected chi connectivity index (χ0v) is 6.79. The summed E-state index contributed by atoms with van der Waals surface area (Å²) in [5, 5.41) is 2.66. The van der Waals surface area contributed by atoms with Gasteiger partial charge in [0.25, 0.3) is 0 Å². The highest BCUT2D eigenvalue weighted by Crippen LogP contribution is 2.08. The van der Waals surface area contributed by atoms with Crippen molar-refractivity contribution in [3.8, 4) is 0 Å². The van der Waals surface area contributed by atoms with E-state index in [0.717, 1.165) is 6.42 Å². The van der Waals surface area contributed by atoms with Crippen molar-refractivity contribution in [2.75, 3.05) is 6.61 Å². The van der Waals surface area contributed by atoms with Crippen molar-refractivity contribution in [2.45, 2.75) is 26.3 Å². The van der Waals surface area contributed by atoms with Gasteiger partial charge in [-0.15, -0.1) is 0 Å². The monoisotopic (exact) mass is 159 g/mol. The van der Waals surface area contributed by atoms with Crippen LogP contribution in [0, 0.1) is 5.92 Å². The molecule has 4 heteroatoms. The van der Waals surface area contributed by atoms with Crippen molar-refractivity contribution in [1.29, 1.82) is 0 Å². The molecule has 0 aromatic heterocycles. The molecule has 0 saturated carbocycles. The SMILES string of the molecule is CC(C)C[C@@H]1COOC(=O)N1. The van der Waals surface area contributed by atoms with E-state index in [1.54, 1.807) is 0 Å². The zero-order chi connectivity index (χ0) is 8.27. The Hall–Kier alpha value is -0.770. The van der Waals surface area contributed by atoms with E-state index in [1.165, 1.54) is 0 Å². The van der Waals surface area contributed by atoms with E-state index in [0.29, 0.717) is 12.5 Å². The Kier molecular flexibility index (Phi) is 2.70. The molecule has 1 atom stereocenters. The normalized spacial score (nSPS) is 24.6. The van der Waals surface area contributed by atoms with Gasteiger partial charge in [0.1, 0.15) is 6.61 Å². The lowest BCUT2D eigenvalue weighted by Gasteiger charge is -2.22. The summed E-state index contributed by atoms with van der Waals surface area (Å²) in [5.74, 6) is 0.557. The average molecular weight is 159 g/mol. The molecule has 1 aliphatic heterocycles. The minimum absolute atomic E-state index is 0.108. The molecule has 1 saturated heterocycles. The first-order chi connectivity index (χ1) is 5.18. The van der Waals surface area contributed by atoms with Crippen molar-refractivity contribution in [3.63, 3.8) is 0 Å². The van der Waals surface area contributed by atoms with Gasteiger partial charge in [0, 0.05) is 0 Å². The first-order valence-electron chi connectivity index (χ1n) is 3.78. The van der Waals surface area contributed by atoms with Crippen LogP contribution in [0.4, 0.5) is 4.79 Å². The topological polar surface area (TPSA) is 47.6 Å². The first kappa shape index (κ1) is 8.33. The Bertz CT molecular complexity index is 147. The van der Waals surface area contributed by atoms with E-state index in [9.17, 15) is 4.79 Å². The van der Waals surface area contributed by atoms with Crippen LogP contribution in [-0.2, 0) is 9.78 Å². The Balaban J connectivity index is 2.28. The second-order valence-electron chi connectivity index (χ2n) is 3.13. The molecule has 1 aliphatic rings. The van der Waals surface area contributed by atoms with Crippen molar-refractivity contribution in [3.05, 3.63) is 0 Å². The highest BCUT2D eigenvalue weighted by molar-refractivity contribution is 5.67. The maximum absolute atomic E-state index is 10.6. The molecule has 0 aliphatic carbocycles. The van der Waals surface area contributed by atoms with Crippen LogP contribution in [0.15, 0.2) is 0 Å². The molecule has 4 nitrogen and oxygen atoms in total. The molecule has 1 heterocycles. The zero-order valence-electron chi connectivity index (χ0n) is 6.79. The summed E-state index contributed by atoms with van der Waals surface area (Å²) in [4.78, 5) is 19.4. The average Bonchev–Trinajstić information content (AvgIpc) is 1.85. The third-order valence-corrected chi connectivity index (χ3v) is 1.48. The highest BCUT2D eigenvalue weighted by atomic mass is 17.2. The van der Waals surface area contributed by atoms with Crippen LogP contribution < -0.4 is 5.32 Å². The van der Waals surface area contributed by atoms with E-state index in [2.05, 4.69) is 28.9 Å². The highest BCUT2D eigenvalue weighted by Gasteiger charge is 2.20. The standard InChI is InChI=1S/C7H13NO3/c1-5(2)3-6-4-10-11-7(9)8-6/h5-6H,3-4H2,1-2H3,(H,8,9)/t6-/m1/s1. The smallest absolute Gasteiger partial charge is 0.314 e. The van der Waals surface area contributed by atoms with Gasteiger partial charge in [0.2, 0.25) is 0 Å². The molecule has 0 aromatic rings. The fourth-order valence-electron chi connectivity index (χ4n) is 1.10. The fourth-order valence-corrected chi connectivity index (χ4v) is 1.10. The molecule has 64 valence electrons. The quantitative estimate of drug-likeness (QED) is 0.613. The molecular weight excluding hydrogens is 146 g/mol. The lowest BCUT2D eigenvalue weighted by atomic mass is 10.0. The summed E-state index contributed by atoms with van der Waals surface area (Å²) >= 11 is 0. The van der Waals surface area contributed by atoms with Crippen LogP contribution in [0.2, 0.25) is 0 Å². The Morgan fingerprint density at radius 1 is 1.73 bits per heavy atom. The van der Waals surface area contributed by atoms with Gasteiger partial charge in [-0.05, 0) is 12.3 Å². The number of rotatable bonds is 2. The Morgan fingerprint density at radius 2 is 2.45 bits per heavy atom. The second-order valence-corrected chi connectivity index (χ2v) is 3.13. The van der Waals surface area contributed by atoms with Gasteiger partial charge in [-0.25, -0.2) is 4.79 Å². The van der Waals surface area contributed by atoms with Gasteiger partial charge in [0.05, 0.1) is 6.04 Å². The minimum atomic E-state index is -0.484. The molecule has 0 aromatic carbocycles. The van der Waals surface area contributed by atoms with Crippen molar-refractivity contribution < 1.29 is 14.6 Å². The molecule has 0 bridgehead atoms. The fraction of sp³-hybridized carbons (Fsp3) is 0.857. The van der Waals surface area contributed by atoms with Gasteiger partial charge < -0.3 is 5.32 Å². The van der Waals surface area contributed by atoms with E-state index in [-0.39, 0.29) is 6.04 Å². The molecule has 1 N–H and O–H groups in total. The summed E-state index contributed by atoms with van der Waals surface area (Å²) in [6.45, 7) is 4.65. The van der Waals surface area contributed by atoms with Crippen molar-refractivity contribution in [1.82, 2.24) is 5.32 Å². The van der Waals surface area contributed by atoms with Gasteiger partial charge in [0.15, 0.2) is 0 Å². The van der Waals surface area contributed by atoms with Crippen molar-refractivity contribution >= 4 is 6.09 Å². The number of carbonyl (C=O) groups excluding carboxylic acids is 1. The number of carbonyl (C=O) groups is 1. The third kappa shape index (κ3) is 2.76. The van der Waals surface area contributed by atoms with Gasteiger partial charge in [-0.3, -0.25) is 4.89 Å². The van der Waals surface area contributed by atoms with Gasteiger partial charge >= 0.3 is 6.09 Å². The summed E-state index contributed by atoms with van der Waals surface area (Å²) in [7, 11) is 0. The lowest BCUT2D eigenvalue weighted by Crippen LogP contribution is -2.44. The number of hydrogen-bond donors (Lipinski definition) is 1. The Morgan fingerprint density at radius 3 is 3.00 bits per heavy atom. The van der Waals surface area contributed by atoms with Gasteiger partial charge in [-0.2, -0.15) is 4.89 Å². The van der Waals surface area contributed by atoms with Crippen LogP contribution in [0.1, 0.15) is 20.3 Å². The lowest BCUT2D eigenvalue weighted by molar-refractivity contribution is -0.258. The number of nitrogens with one attached hydrogen (secondary N) is 1. The van der Waals surface area contributed by atoms with Crippen LogP contribution >= 0.6 is 0 Å². The minimum Gasteiger partial charge on any atom is -0.314 e. The molecule has 0 spiro atoms. The summed E-state index contributed by atoms with van der Waals surface area (Å²) in [6, 6.07) is 0.108. The summed E-state index contributed by atoms with van der Waals surface area (Å²) in [5.41, 5.74) is 0. The first-order valence-corrected chi connectivity index (χ1v) is 3.78. The molecule has 1 amide bonds. The van der Waals surface area contributed by atoms with Crippen LogP contribution in [0.25, 0.3) is 0 Å². The largest absolute Gasteiger partial charge is 0.438 e. The van der Waals surface area contributed by atoms with Crippen LogP contribution in [-0.4, -0.2) is 18.7 Å². The second kappa shape index (κ2) is 3.57. The maximum atomic E-state index is 10.6. The maximum Gasteiger partial charge on any atom is 0.438 e. The van der Waals surface area contributed by atoms with Gasteiger partial charge in [-0.1, -0.05) is 13.8 Å². The van der Waals surface area contributed by atoms with Crippen LogP contribution in [0.5, 0.6) is 0 Å². The molecule has 0 radical (unpaired) electrons. The van der Waals surface area contributed by atoms with E-state index < -0.39 is 6.09 Å². The third-order valence-electron chi connectivity index (χ3n) is 1.48. The summed E-state index contributed by atoms with van der Waals surface area (Å²) in [6.07, 6.45) is 0.441. The van der Waals surface area contributed by atoms with E-state index >= 15 is 0 Å². The molecule has 0 unspecified atom stereocenters. The van der Waals surface area contributed by atoms with E-state index in [4.69, 9.17) is 0 Å². The summed E-state index contributed by atoms with van der Waals surface area (Å²) < 4.78 is 0. The van der Waals surface area contributed by atoms with Crippen molar-refractivity contribution in [2.24, 2.45) is 5.92 Å².